The molecule has 1 amide bonds. The molecule has 0 spiro atoms. The summed E-state index contributed by atoms with van der Waals surface area (Å²) in [5.41, 5.74) is 0.918. The summed E-state index contributed by atoms with van der Waals surface area (Å²) in [6.45, 7) is 2.84. The minimum atomic E-state index is -1.15. The molecule has 3 aromatic rings. The van der Waals surface area contributed by atoms with Crippen LogP contribution in [0, 0.1) is 23.2 Å². The maximum atomic E-state index is 11.7. The van der Waals surface area contributed by atoms with Gasteiger partial charge in [0, 0.05) is 31.0 Å². The minimum absolute atomic E-state index is 0. The Kier molecular flexibility index (Phi) is 8.02. The van der Waals surface area contributed by atoms with Crippen molar-refractivity contribution in [2.75, 3.05) is 11.9 Å². The summed E-state index contributed by atoms with van der Waals surface area (Å²) >= 11 is 6.12. The fourth-order valence-corrected chi connectivity index (χ4v) is 5.37. The van der Waals surface area contributed by atoms with Crippen molar-refractivity contribution in [2.45, 2.75) is 58.4 Å². The van der Waals surface area contributed by atoms with E-state index in [0.29, 0.717) is 47.9 Å². The molecule has 0 aliphatic heterocycles. The van der Waals surface area contributed by atoms with Gasteiger partial charge < -0.3 is 30.2 Å². The lowest BCUT2D eigenvalue weighted by molar-refractivity contribution is -0.121. The average molecular weight is 539 g/mol. The number of carbonyl (C=O) groups is 2. The molecule has 4 N–H and O–H groups in total. The summed E-state index contributed by atoms with van der Waals surface area (Å²) in [5.74, 6) is 6.26. The Morgan fingerprint density at radius 3 is 2.87 bits per heavy atom. The van der Waals surface area contributed by atoms with Crippen molar-refractivity contribution in [3.63, 3.8) is 0 Å². The molecule has 10 nitrogen and oxygen atoms in total. The number of halogens is 1. The fraction of sp³-hybridized carbons (Fsp3) is 0.444. The normalized spacial score (nSPS) is 25.1. The van der Waals surface area contributed by atoms with Gasteiger partial charge in [-0.3, -0.25) is 4.79 Å². The number of aliphatic hydroxyl groups is 2. The highest BCUT2D eigenvalue weighted by molar-refractivity contribution is 6.30. The highest BCUT2D eigenvalue weighted by atomic mass is 35.5. The Morgan fingerprint density at radius 1 is 1.34 bits per heavy atom. The Labute approximate surface area is 225 Å². The second-order valence-corrected chi connectivity index (χ2v) is 9.86. The third-order valence-electron chi connectivity index (χ3n) is 7.10. The van der Waals surface area contributed by atoms with Gasteiger partial charge in [0.15, 0.2) is 17.0 Å². The molecule has 11 heteroatoms. The average Bonchev–Trinajstić information content (AvgIpc) is 3.41. The zero-order valence-electron chi connectivity index (χ0n) is 20.2. The lowest BCUT2D eigenvalue weighted by Crippen LogP contribution is -2.34. The van der Waals surface area contributed by atoms with Crippen LogP contribution < -0.4 is 10.6 Å². The number of hydrogen-bond acceptors (Lipinski definition) is 8. The van der Waals surface area contributed by atoms with Gasteiger partial charge in [-0.2, -0.15) is 0 Å². The van der Waals surface area contributed by atoms with E-state index in [2.05, 4.69) is 37.4 Å². The molecule has 5 atom stereocenters. The van der Waals surface area contributed by atoms with Crippen molar-refractivity contribution in [2.24, 2.45) is 11.3 Å². The maximum absolute atomic E-state index is 11.7. The van der Waals surface area contributed by atoms with Crippen LogP contribution in [0.2, 0.25) is 5.02 Å². The zero-order chi connectivity index (χ0) is 26.2. The van der Waals surface area contributed by atoms with Crippen molar-refractivity contribution in [1.82, 2.24) is 24.8 Å². The van der Waals surface area contributed by atoms with E-state index in [0.717, 1.165) is 11.8 Å². The summed E-state index contributed by atoms with van der Waals surface area (Å²) in [5, 5.41) is 27.9. The third-order valence-corrected chi connectivity index (χ3v) is 7.34. The summed E-state index contributed by atoms with van der Waals surface area (Å²) in [4.78, 5) is 37.1. The standard InChI is InChI=1S/C26H27ClN6O4.CH4/c1-2-28-19(35)9-4-3-8-18-31-24(29-12-15-6-5-7-16(27)10-15)20-25(32-18)33(14-30-20)21-17-11-26(17,13-34)23(37)22(21)36;/h5-7,10,13-14,17,21-23,36-37H,2,4,9,11-12H2,1H3,(H,28,35)(H,29,31,32);1H4/t17-,21-,22-,23?,26+;/m1./s1. The fourth-order valence-electron chi connectivity index (χ4n) is 5.16. The number of aldehydes is 1. The lowest BCUT2D eigenvalue weighted by Gasteiger charge is -2.22. The molecule has 2 aliphatic carbocycles. The van der Waals surface area contributed by atoms with E-state index < -0.39 is 23.7 Å². The van der Waals surface area contributed by atoms with Gasteiger partial charge in [0.1, 0.15) is 12.4 Å². The van der Waals surface area contributed by atoms with Crippen molar-refractivity contribution >= 4 is 40.8 Å². The number of rotatable bonds is 8. The highest BCUT2D eigenvalue weighted by Gasteiger charge is 2.72. The van der Waals surface area contributed by atoms with Crippen molar-refractivity contribution < 1.29 is 19.8 Å². The number of anilines is 1. The molecule has 0 bridgehead atoms. The van der Waals surface area contributed by atoms with Crippen LogP contribution in [0.5, 0.6) is 0 Å². The van der Waals surface area contributed by atoms with Gasteiger partial charge >= 0.3 is 0 Å². The number of imidazole rings is 1. The number of nitrogens with zero attached hydrogens (tertiary/aromatic N) is 4. The number of carbonyl (C=O) groups excluding carboxylic acids is 2. The molecular formula is C27H31ClN6O4. The van der Waals surface area contributed by atoms with Gasteiger partial charge in [0.25, 0.3) is 0 Å². The minimum Gasteiger partial charge on any atom is -0.389 e. The highest BCUT2D eigenvalue weighted by Crippen LogP contribution is 2.66. The van der Waals surface area contributed by atoms with Crippen molar-refractivity contribution in [1.29, 1.82) is 0 Å². The number of fused-ring (bicyclic) bond motifs is 2. The molecule has 2 aliphatic rings. The Morgan fingerprint density at radius 2 is 2.16 bits per heavy atom. The lowest BCUT2D eigenvalue weighted by atomic mass is 10.0. The van der Waals surface area contributed by atoms with Gasteiger partial charge in [0.05, 0.1) is 23.9 Å². The quantitative estimate of drug-likeness (QED) is 0.253. The van der Waals surface area contributed by atoms with E-state index in [1.165, 1.54) is 0 Å². The molecule has 5 rings (SSSR count). The van der Waals surface area contributed by atoms with Gasteiger partial charge in [-0.1, -0.05) is 37.1 Å². The van der Waals surface area contributed by atoms with Gasteiger partial charge in [-0.15, -0.1) is 0 Å². The van der Waals surface area contributed by atoms with E-state index in [1.54, 1.807) is 17.0 Å². The van der Waals surface area contributed by atoms with Crippen LogP contribution in [0.4, 0.5) is 5.82 Å². The van der Waals surface area contributed by atoms with E-state index in [4.69, 9.17) is 11.6 Å². The van der Waals surface area contributed by atoms with Crippen LogP contribution in [0.15, 0.2) is 30.6 Å². The van der Waals surface area contributed by atoms with Crippen LogP contribution in [0.25, 0.3) is 11.2 Å². The van der Waals surface area contributed by atoms with Crippen molar-refractivity contribution in [3.8, 4) is 11.8 Å². The number of hydrogen-bond donors (Lipinski definition) is 4. The topological polar surface area (TPSA) is 142 Å². The Balaban J connectivity index is 0.00000336. The Hall–Kier alpha value is -3.52. The molecule has 200 valence electrons. The van der Waals surface area contributed by atoms with E-state index in [9.17, 15) is 19.8 Å². The Bertz CT molecular complexity index is 1420. The predicted octanol–water partition coefficient (Wildman–Crippen LogP) is 2.48. The molecule has 2 heterocycles. The first kappa shape index (κ1) is 27.5. The molecule has 1 unspecified atom stereocenters. The van der Waals surface area contributed by atoms with Gasteiger partial charge in [-0.05, 0) is 42.9 Å². The summed E-state index contributed by atoms with van der Waals surface area (Å²) < 4.78 is 1.71. The van der Waals surface area contributed by atoms with Crippen LogP contribution in [-0.4, -0.2) is 60.7 Å². The number of aliphatic hydroxyl groups excluding tert-OH is 2. The zero-order valence-corrected chi connectivity index (χ0v) is 20.9. The molecule has 0 radical (unpaired) electrons. The number of amides is 1. The summed E-state index contributed by atoms with van der Waals surface area (Å²) in [7, 11) is 0. The predicted molar refractivity (Wildman–Crippen MR) is 143 cm³/mol. The van der Waals surface area contributed by atoms with Crippen LogP contribution in [-0.2, 0) is 16.1 Å². The monoisotopic (exact) mass is 538 g/mol. The SMILES string of the molecule is C.CCNC(=O)CCC#Cc1nc(NCc2cccc(Cl)c2)c2ncn([C@@H]3[C@H]4C[C@@]4(C=O)C(O)[C@@H]3O)c2n1. The number of nitrogens with one attached hydrogen (secondary N) is 2. The molecule has 2 aromatic heterocycles. The molecule has 2 fully saturated rings. The number of benzene rings is 1. The largest absolute Gasteiger partial charge is 0.389 e. The molecule has 2 saturated carbocycles. The molecular weight excluding hydrogens is 508 g/mol. The summed E-state index contributed by atoms with van der Waals surface area (Å²) in [6, 6.07) is 6.87. The first-order valence-corrected chi connectivity index (χ1v) is 12.6. The van der Waals surface area contributed by atoms with Crippen LogP contribution in [0.1, 0.15) is 51.0 Å². The smallest absolute Gasteiger partial charge is 0.220 e. The first-order chi connectivity index (χ1) is 17.9. The summed E-state index contributed by atoms with van der Waals surface area (Å²) in [6.07, 6.45) is 1.13. The second-order valence-electron chi connectivity index (χ2n) is 9.43. The van der Waals surface area contributed by atoms with E-state index in [1.807, 2.05) is 25.1 Å². The maximum Gasteiger partial charge on any atom is 0.220 e. The van der Waals surface area contributed by atoms with E-state index in [-0.39, 0.29) is 31.5 Å². The van der Waals surface area contributed by atoms with Crippen molar-refractivity contribution in [3.05, 3.63) is 47.0 Å². The second kappa shape index (κ2) is 11.1. The molecule has 1 aromatic carbocycles. The van der Waals surface area contributed by atoms with Gasteiger partial charge in [-0.25, -0.2) is 15.0 Å². The third kappa shape index (κ3) is 4.97. The molecule has 0 saturated heterocycles. The van der Waals surface area contributed by atoms with Crippen LogP contribution in [0.3, 0.4) is 0 Å². The van der Waals surface area contributed by atoms with E-state index >= 15 is 0 Å². The van der Waals surface area contributed by atoms with Gasteiger partial charge in [0.2, 0.25) is 11.7 Å². The molecule has 38 heavy (non-hydrogen) atoms. The first-order valence-electron chi connectivity index (χ1n) is 12.2. The number of aromatic nitrogens is 4. The van der Waals surface area contributed by atoms with Crippen LogP contribution >= 0.6 is 11.6 Å².